The lowest BCUT2D eigenvalue weighted by atomic mass is 9.46. The Hall–Kier alpha value is -3.31. The zero-order valence-corrected chi connectivity index (χ0v) is 22.8. The average Bonchev–Trinajstić information content (AvgIpc) is 3.03. The first-order chi connectivity index (χ1) is 18.1. The van der Waals surface area contributed by atoms with Crippen LogP contribution in [0.2, 0.25) is 0 Å². The summed E-state index contributed by atoms with van der Waals surface area (Å²) in [6.07, 6.45) is -4.32. The van der Waals surface area contributed by atoms with E-state index in [9.17, 15) is 29.1 Å². The molecule has 0 amide bonds. The summed E-state index contributed by atoms with van der Waals surface area (Å²) in [5.74, 6) is -4.92. The van der Waals surface area contributed by atoms with Gasteiger partial charge in [0, 0.05) is 20.8 Å². The molecule has 0 radical (unpaired) electrons. The van der Waals surface area contributed by atoms with E-state index in [-0.39, 0.29) is 18.4 Å². The van der Waals surface area contributed by atoms with E-state index < -0.39 is 82.7 Å². The predicted molar refractivity (Wildman–Crippen MR) is 132 cm³/mol. The van der Waals surface area contributed by atoms with Gasteiger partial charge in [0.05, 0.1) is 22.7 Å². The van der Waals surface area contributed by atoms with E-state index in [4.69, 9.17) is 23.7 Å². The van der Waals surface area contributed by atoms with E-state index in [1.165, 1.54) is 26.0 Å². The lowest BCUT2D eigenvalue weighted by Crippen LogP contribution is -2.82. The van der Waals surface area contributed by atoms with Crippen LogP contribution in [0.25, 0.3) is 0 Å². The molecule has 11 nitrogen and oxygen atoms in total. The van der Waals surface area contributed by atoms with Crippen molar-refractivity contribution in [1.82, 2.24) is 0 Å². The van der Waals surface area contributed by atoms with Crippen molar-refractivity contribution in [3.63, 3.8) is 0 Å². The Morgan fingerprint density at radius 2 is 1.56 bits per heavy atom. The summed E-state index contributed by atoms with van der Waals surface area (Å²) in [5.41, 5.74) is -7.01. The molecule has 4 rings (SSSR count). The van der Waals surface area contributed by atoms with Crippen LogP contribution in [0, 0.1) is 11.3 Å². The van der Waals surface area contributed by atoms with Gasteiger partial charge in [0.2, 0.25) is 0 Å². The fourth-order valence-electron chi connectivity index (χ4n) is 6.88. The van der Waals surface area contributed by atoms with Crippen LogP contribution in [0.5, 0.6) is 0 Å². The number of esters is 4. The molecule has 212 valence electrons. The first-order valence-electron chi connectivity index (χ1n) is 12.8. The van der Waals surface area contributed by atoms with Gasteiger partial charge >= 0.3 is 23.9 Å². The van der Waals surface area contributed by atoms with Crippen molar-refractivity contribution in [2.24, 2.45) is 11.3 Å². The standard InChI is InChI=1S/C28H34O11/c1-15(29)35-14-27-19(36-16(2)30)12-13-26(6,34)28(27)22(37-17(3)31)20(25(4,5)39-28)21(32)23(27)38-24(33)18-10-8-7-9-11-18/h7-11,19-20,22-23,34H,12-14H2,1-6H3/t19?,20-,22-,23-,26+,27+,28+/m1/s1. The normalized spacial score (nSPS) is 36.3. The molecule has 2 bridgehead atoms. The number of carbonyl (C=O) groups excluding carboxylic acids is 5. The second kappa shape index (κ2) is 9.71. The third-order valence-electron chi connectivity index (χ3n) is 8.22. The van der Waals surface area contributed by atoms with Crippen molar-refractivity contribution in [3.8, 4) is 0 Å². The van der Waals surface area contributed by atoms with Gasteiger partial charge in [-0.25, -0.2) is 4.79 Å². The molecule has 2 aliphatic carbocycles. The van der Waals surface area contributed by atoms with E-state index in [1.54, 1.807) is 32.0 Å². The number of fused-ring (bicyclic) bond motifs is 1. The summed E-state index contributed by atoms with van der Waals surface area (Å²) in [6.45, 7) is 7.49. The number of ketones is 1. The van der Waals surface area contributed by atoms with Crippen LogP contribution >= 0.6 is 0 Å². The van der Waals surface area contributed by atoms with Crippen LogP contribution in [0.15, 0.2) is 30.3 Å². The first-order valence-corrected chi connectivity index (χ1v) is 12.8. The fourth-order valence-corrected chi connectivity index (χ4v) is 6.88. The molecule has 1 heterocycles. The van der Waals surface area contributed by atoms with Crippen molar-refractivity contribution in [2.45, 2.75) is 89.5 Å². The number of benzene rings is 1. The van der Waals surface area contributed by atoms with Crippen LogP contribution < -0.4 is 0 Å². The first kappa shape index (κ1) is 28.7. The van der Waals surface area contributed by atoms with Gasteiger partial charge in [-0.3, -0.25) is 19.2 Å². The van der Waals surface area contributed by atoms with E-state index in [2.05, 4.69) is 0 Å². The molecule has 11 heteroatoms. The van der Waals surface area contributed by atoms with Crippen molar-refractivity contribution in [2.75, 3.05) is 6.61 Å². The Balaban J connectivity index is 2.04. The van der Waals surface area contributed by atoms with Gasteiger partial charge in [-0.15, -0.1) is 0 Å². The molecule has 1 saturated heterocycles. The fraction of sp³-hybridized carbons (Fsp3) is 0.607. The maximum absolute atomic E-state index is 14.4. The maximum Gasteiger partial charge on any atom is 0.338 e. The molecule has 7 atom stereocenters. The minimum absolute atomic E-state index is 0.000868. The Morgan fingerprint density at radius 1 is 0.949 bits per heavy atom. The van der Waals surface area contributed by atoms with Gasteiger partial charge < -0.3 is 28.8 Å². The summed E-state index contributed by atoms with van der Waals surface area (Å²) in [4.78, 5) is 64.6. The summed E-state index contributed by atoms with van der Waals surface area (Å²) in [6, 6.07) is 7.95. The second-order valence-electron chi connectivity index (χ2n) is 11.2. The molecule has 2 saturated carbocycles. The minimum atomic E-state index is -2.00. The van der Waals surface area contributed by atoms with Gasteiger partial charge in [-0.2, -0.15) is 0 Å². The van der Waals surface area contributed by atoms with Crippen LogP contribution in [0.3, 0.4) is 0 Å². The molecule has 1 aromatic rings. The van der Waals surface area contributed by atoms with Crippen LogP contribution in [0.4, 0.5) is 0 Å². The number of hydrogen-bond donors (Lipinski definition) is 1. The monoisotopic (exact) mass is 546 g/mol. The van der Waals surface area contributed by atoms with E-state index in [0.29, 0.717) is 0 Å². The van der Waals surface area contributed by atoms with Crippen molar-refractivity contribution < 1.29 is 52.8 Å². The zero-order valence-electron chi connectivity index (χ0n) is 22.8. The molecule has 3 fully saturated rings. The molecule has 3 aliphatic rings. The highest BCUT2D eigenvalue weighted by atomic mass is 16.6. The molecule has 1 aromatic carbocycles. The second-order valence-corrected chi connectivity index (χ2v) is 11.2. The van der Waals surface area contributed by atoms with Gasteiger partial charge in [0.15, 0.2) is 17.5 Å². The maximum atomic E-state index is 14.4. The number of hydrogen-bond acceptors (Lipinski definition) is 11. The van der Waals surface area contributed by atoms with E-state index >= 15 is 0 Å². The van der Waals surface area contributed by atoms with Gasteiger partial charge in [-0.1, -0.05) is 18.2 Å². The summed E-state index contributed by atoms with van der Waals surface area (Å²) in [5, 5.41) is 12.1. The van der Waals surface area contributed by atoms with Crippen molar-refractivity contribution in [3.05, 3.63) is 35.9 Å². The Bertz CT molecular complexity index is 1190. The number of rotatable bonds is 6. The van der Waals surface area contributed by atoms with Crippen LogP contribution in [-0.2, 0) is 42.9 Å². The molecule has 0 aromatic heterocycles. The van der Waals surface area contributed by atoms with Crippen molar-refractivity contribution >= 4 is 29.7 Å². The zero-order chi connectivity index (χ0) is 29.0. The highest BCUT2D eigenvalue weighted by Gasteiger charge is 2.87. The predicted octanol–water partition coefficient (Wildman–Crippen LogP) is 1.92. The SMILES string of the molecule is CC(=O)OC[C@@]12C(OC(C)=O)CC[C@](C)(O)[C@]13OC(C)(C)[C@H](C(=O)[C@H]2OC(=O)c1ccccc1)[C@H]3OC(C)=O. The third kappa shape index (κ3) is 4.31. The lowest BCUT2D eigenvalue weighted by Gasteiger charge is -2.64. The smallest absolute Gasteiger partial charge is 0.338 e. The topological polar surface area (TPSA) is 152 Å². The molecule has 1 N–H and O–H groups in total. The van der Waals surface area contributed by atoms with Crippen LogP contribution in [0.1, 0.15) is 64.7 Å². The molecule has 1 unspecified atom stereocenters. The Morgan fingerprint density at radius 3 is 2.13 bits per heavy atom. The number of aliphatic hydroxyl groups is 1. The van der Waals surface area contributed by atoms with Gasteiger partial charge in [0.25, 0.3) is 0 Å². The number of carbonyl (C=O) groups is 5. The third-order valence-corrected chi connectivity index (χ3v) is 8.22. The minimum Gasteiger partial charge on any atom is -0.465 e. The van der Waals surface area contributed by atoms with E-state index in [1.807, 2.05) is 0 Å². The summed E-state index contributed by atoms with van der Waals surface area (Å²) < 4.78 is 29.5. The average molecular weight is 547 g/mol. The highest BCUT2D eigenvalue weighted by Crippen LogP contribution is 2.68. The van der Waals surface area contributed by atoms with Gasteiger partial charge in [0.1, 0.15) is 24.2 Å². The Labute approximate surface area is 226 Å². The van der Waals surface area contributed by atoms with E-state index in [0.717, 1.165) is 13.8 Å². The number of ether oxygens (including phenoxy) is 5. The summed E-state index contributed by atoms with van der Waals surface area (Å²) >= 11 is 0. The Kier molecular flexibility index (Phi) is 7.14. The van der Waals surface area contributed by atoms with Crippen molar-refractivity contribution in [1.29, 1.82) is 0 Å². The lowest BCUT2D eigenvalue weighted by molar-refractivity contribution is -0.335. The largest absolute Gasteiger partial charge is 0.465 e. The van der Waals surface area contributed by atoms with Gasteiger partial charge in [-0.05, 0) is 45.7 Å². The molecular weight excluding hydrogens is 512 g/mol. The molecule has 39 heavy (non-hydrogen) atoms. The number of Topliss-reactive ketones (excluding diaryl/α,β-unsaturated/α-hetero) is 1. The molecular formula is C28H34O11. The molecule has 1 aliphatic heterocycles. The van der Waals surface area contributed by atoms with Crippen LogP contribution in [-0.4, -0.2) is 76.5 Å². The summed E-state index contributed by atoms with van der Waals surface area (Å²) in [7, 11) is 0. The molecule has 1 spiro atoms. The highest BCUT2D eigenvalue weighted by molar-refractivity contribution is 5.96. The quantitative estimate of drug-likeness (QED) is 0.411.